The third-order valence-corrected chi connectivity index (χ3v) is 6.65. The molecule has 0 aliphatic rings. The normalized spacial score (nSPS) is 11.8. The smallest absolute Gasteiger partial charge is 0.240 e. The highest BCUT2D eigenvalue weighted by Gasteiger charge is 2.17. The predicted molar refractivity (Wildman–Crippen MR) is 96.7 cm³/mol. The first-order chi connectivity index (χ1) is 12.1. The number of hydrogen-bond acceptors (Lipinski definition) is 7. The third kappa shape index (κ3) is 6.81. The Morgan fingerprint density at radius 3 is 2.27 bits per heavy atom. The average molecular weight is 408 g/mol. The molecule has 9 nitrogen and oxygen atoms in total. The number of sulfone groups is 1. The van der Waals surface area contributed by atoms with Crippen molar-refractivity contribution in [2.45, 2.75) is 18.2 Å². The highest BCUT2D eigenvalue weighted by molar-refractivity contribution is 7.91. The third-order valence-electron chi connectivity index (χ3n) is 3.48. The second kappa shape index (κ2) is 9.74. The zero-order valence-electron chi connectivity index (χ0n) is 14.9. The van der Waals surface area contributed by atoms with E-state index >= 15 is 0 Å². The Morgan fingerprint density at radius 2 is 1.69 bits per heavy atom. The van der Waals surface area contributed by atoms with Crippen molar-refractivity contribution in [1.82, 2.24) is 10.0 Å². The Balaban J connectivity index is 2.55. The minimum Gasteiger partial charge on any atom is -0.493 e. The van der Waals surface area contributed by atoms with Crippen molar-refractivity contribution < 1.29 is 31.1 Å². The van der Waals surface area contributed by atoms with Gasteiger partial charge in [-0.05, 0) is 12.1 Å². The number of methoxy groups -OCH3 is 2. The molecular formula is C15H24N2O7S2. The lowest BCUT2D eigenvalue weighted by Crippen LogP contribution is -2.33. The van der Waals surface area contributed by atoms with Crippen molar-refractivity contribution in [3.8, 4) is 11.5 Å². The second-order valence-electron chi connectivity index (χ2n) is 5.25. The lowest BCUT2D eigenvalue weighted by atomic mass is 10.3. The minimum atomic E-state index is -3.82. The van der Waals surface area contributed by atoms with E-state index in [0.29, 0.717) is 5.75 Å². The molecule has 0 saturated carbocycles. The van der Waals surface area contributed by atoms with E-state index < -0.39 is 25.8 Å². The van der Waals surface area contributed by atoms with Crippen LogP contribution in [0.15, 0.2) is 23.1 Å². The van der Waals surface area contributed by atoms with Crippen LogP contribution in [0.1, 0.15) is 13.3 Å². The van der Waals surface area contributed by atoms with E-state index in [2.05, 4.69) is 10.0 Å². The van der Waals surface area contributed by atoms with Crippen LogP contribution in [0.3, 0.4) is 0 Å². The molecule has 11 heteroatoms. The summed E-state index contributed by atoms with van der Waals surface area (Å²) in [6, 6.07) is 4.14. The lowest BCUT2D eigenvalue weighted by molar-refractivity contribution is -0.120. The fourth-order valence-electron chi connectivity index (χ4n) is 1.94. The van der Waals surface area contributed by atoms with E-state index in [1.165, 1.54) is 39.3 Å². The average Bonchev–Trinajstić information content (AvgIpc) is 2.60. The van der Waals surface area contributed by atoms with Gasteiger partial charge in [0, 0.05) is 31.3 Å². The quantitative estimate of drug-likeness (QED) is 0.524. The molecule has 0 bridgehead atoms. The first-order valence-corrected chi connectivity index (χ1v) is 11.1. The molecule has 0 atom stereocenters. The second-order valence-corrected chi connectivity index (χ2v) is 9.49. The summed E-state index contributed by atoms with van der Waals surface area (Å²) in [6.07, 6.45) is -0.112. The van der Waals surface area contributed by atoms with Gasteiger partial charge in [-0.25, -0.2) is 21.6 Å². The molecule has 2 N–H and O–H groups in total. The topological polar surface area (TPSA) is 128 Å². The number of rotatable bonds is 11. The van der Waals surface area contributed by atoms with Gasteiger partial charge in [0.05, 0.1) is 24.9 Å². The van der Waals surface area contributed by atoms with Crippen molar-refractivity contribution >= 4 is 25.8 Å². The van der Waals surface area contributed by atoms with Gasteiger partial charge < -0.3 is 14.8 Å². The molecule has 0 heterocycles. The molecule has 0 unspecified atom stereocenters. The Kier molecular flexibility index (Phi) is 8.31. The molecule has 1 aromatic carbocycles. The summed E-state index contributed by atoms with van der Waals surface area (Å²) in [6.45, 7) is 1.40. The molecule has 1 amide bonds. The highest BCUT2D eigenvalue weighted by Crippen LogP contribution is 2.29. The van der Waals surface area contributed by atoms with E-state index in [1.807, 2.05) is 0 Å². The van der Waals surface area contributed by atoms with E-state index in [-0.39, 0.29) is 41.7 Å². The molecule has 0 radical (unpaired) electrons. The van der Waals surface area contributed by atoms with Crippen LogP contribution in [0.2, 0.25) is 0 Å². The fourth-order valence-corrected chi connectivity index (χ4v) is 3.69. The fraction of sp³-hybridized carbons (Fsp3) is 0.533. The van der Waals surface area contributed by atoms with E-state index in [0.717, 1.165) is 0 Å². The van der Waals surface area contributed by atoms with E-state index in [9.17, 15) is 21.6 Å². The van der Waals surface area contributed by atoms with Crippen LogP contribution in [-0.2, 0) is 24.7 Å². The zero-order valence-corrected chi connectivity index (χ0v) is 16.6. The van der Waals surface area contributed by atoms with Gasteiger partial charge in [-0.1, -0.05) is 6.92 Å². The molecule has 0 aliphatic heterocycles. The monoisotopic (exact) mass is 408 g/mol. The molecular weight excluding hydrogens is 384 g/mol. The Hall–Kier alpha value is -1.85. The van der Waals surface area contributed by atoms with E-state index in [1.54, 1.807) is 0 Å². The Morgan fingerprint density at radius 1 is 1.04 bits per heavy atom. The number of sulfonamides is 1. The highest BCUT2D eigenvalue weighted by atomic mass is 32.2. The summed E-state index contributed by atoms with van der Waals surface area (Å²) in [4.78, 5) is 11.6. The number of carbonyl (C=O) groups excluding carboxylic acids is 1. The standard InChI is InChI=1S/C15H24N2O7S2/c1-4-25(19,20)10-9-16-15(18)7-8-17-26(21,22)12-5-6-13(23-2)14(11-12)24-3/h5-6,11,17H,4,7-10H2,1-3H3,(H,16,18). The SMILES string of the molecule is CCS(=O)(=O)CCNC(=O)CCNS(=O)(=O)c1ccc(OC)c(OC)c1. The summed E-state index contributed by atoms with van der Waals surface area (Å²) in [5.74, 6) is 0.0880. The van der Waals surface area contributed by atoms with Crippen LogP contribution < -0.4 is 19.5 Å². The van der Waals surface area contributed by atoms with Gasteiger partial charge in [0.25, 0.3) is 0 Å². The van der Waals surface area contributed by atoms with Gasteiger partial charge in [-0.3, -0.25) is 4.79 Å². The van der Waals surface area contributed by atoms with Gasteiger partial charge in [0.15, 0.2) is 21.3 Å². The summed E-state index contributed by atoms with van der Waals surface area (Å²) < 4.78 is 59.6. The maximum absolute atomic E-state index is 12.2. The molecule has 26 heavy (non-hydrogen) atoms. The Labute approximate surface area is 154 Å². The molecule has 1 aromatic rings. The summed E-state index contributed by atoms with van der Waals surface area (Å²) >= 11 is 0. The summed E-state index contributed by atoms with van der Waals surface area (Å²) in [5.41, 5.74) is 0. The summed E-state index contributed by atoms with van der Waals surface area (Å²) in [7, 11) is -4.15. The van der Waals surface area contributed by atoms with Crippen LogP contribution in [0.4, 0.5) is 0 Å². The number of amides is 1. The van der Waals surface area contributed by atoms with Crippen molar-refractivity contribution in [2.75, 3.05) is 38.8 Å². The van der Waals surface area contributed by atoms with Crippen LogP contribution in [0, 0.1) is 0 Å². The lowest BCUT2D eigenvalue weighted by Gasteiger charge is -2.11. The number of nitrogens with one attached hydrogen (secondary N) is 2. The number of ether oxygens (including phenoxy) is 2. The first kappa shape index (κ1) is 22.2. The molecule has 0 spiro atoms. The summed E-state index contributed by atoms with van der Waals surface area (Å²) in [5, 5.41) is 2.44. The van der Waals surface area contributed by atoms with Crippen LogP contribution >= 0.6 is 0 Å². The molecule has 0 aromatic heterocycles. The van der Waals surface area contributed by atoms with Gasteiger partial charge in [0.1, 0.15) is 0 Å². The van der Waals surface area contributed by atoms with Crippen LogP contribution in [0.5, 0.6) is 11.5 Å². The minimum absolute atomic E-state index is 0.00254. The number of benzene rings is 1. The Bertz CT molecular complexity index is 820. The van der Waals surface area contributed by atoms with Crippen molar-refractivity contribution in [1.29, 1.82) is 0 Å². The first-order valence-electron chi connectivity index (χ1n) is 7.84. The zero-order chi connectivity index (χ0) is 19.8. The van der Waals surface area contributed by atoms with Gasteiger partial charge in [0.2, 0.25) is 15.9 Å². The van der Waals surface area contributed by atoms with E-state index in [4.69, 9.17) is 9.47 Å². The molecule has 0 aliphatic carbocycles. The van der Waals surface area contributed by atoms with Gasteiger partial charge >= 0.3 is 0 Å². The maximum Gasteiger partial charge on any atom is 0.240 e. The maximum atomic E-state index is 12.2. The van der Waals surface area contributed by atoms with Crippen molar-refractivity contribution in [2.24, 2.45) is 0 Å². The van der Waals surface area contributed by atoms with Crippen molar-refractivity contribution in [3.63, 3.8) is 0 Å². The number of carbonyl (C=O) groups is 1. The van der Waals surface area contributed by atoms with Gasteiger partial charge in [-0.2, -0.15) is 0 Å². The van der Waals surface area contributed by atoms with Crippen LogP contribution in [-0.4, -0.2) is 61.6 Å². The molecule has 148 valence electrons. The predicted octanol–water partition coefficient (Wildman–Crippen LogP) is -0.0769. The van der Waals surface area contributed by atoms with Crippen molar-refractivity contribution in [3.05, 3.63) is 18.2 Å². The molecule has 1 rings (SSSR count). The number of hydrogen-bond donors (Lipinski definition) is 2. The largest absolute Gasteiger partial charge is 0.493 e. The molecule has 0 fully saturated rings. The van der Waals surface area contributed by atoms with Gasteiger partial charge in [-0.15, -0.1) is 0 Å². The van der Waals surface area contributed by atoms with Crippen LogP contribution in [0.25, 0.3) is 0 Å². The molecule has 0 saturated heterocycles.